The lowest BCUT2D eigenvalue weighted by Crippen LogP contribution is -2.56. The number of nitrogens with zero attached hydrogens (tertiary/aromatic N) is 2. The van der Waals surface area contributed by atoms with Gasteiger partial charge in [-0.05, 0) is 72.1 Å². The van der Waals surface area contributed by atoms with Crippen LogP contribution in [0, 0.1) is 5.92 Å². The maximum Gasteiger partial charge on any atom is 0.408 e. The predicted molar refractivity (Wildman–Crippen MR) is 156 cm³/mol. The number of alkyl carbamates (subject to hydrolysis) is 1. The quantitative estimate of drug-likeness (QED) is 0.298. The number of hydrogen-bond acceptors (Lipinski definition) is 9. The van der Waals surface area contributed by atoms with Crippen LogP contribution in [0.5, 0.6) is 0 Å². The number of carboxylic acids is 1. The molecule has 2 aliphatic carbocycles. The van der Waals surface area contributed by atoms with E-state index in [4.69, 9.17) is 9.47 Å². The summed E-state index contributed by atoms with van der Waals surface area (Å²) in [5.41, 5.74) is 4.95. The normalized spacial score (nSPS) is 38.0. The van der Waals surface area contributed by atoms with Gasteiger partial charge < -0.3 is 30.1 Å². The van der Waals surface area contributed by atoms with Gasteiger partial charge in [-0.25, -0.2) is 20.4 Å². The lowest BCUT2D eigenvalue weighted by molar-refractivity contribution is -0.145. The lowest BCUT2D eigenvalue weighted by Gasteiger charge is -2.30. The smallest absolute Gasteiger partial charge is 0.408 e. The van der Waals surface area contributed by atoms with Gasteiger partial charge >= 0.3 is 12.1 Å². The first kappa shape index (κ1) is 31.7. The molecule has 3 amide bonds. The zero-order valence-corrected chi connectivity index (χ0v) is 25.8. The van der Waals surface area contributed by atoms with E-state index in [2.05, 4.69) is 21.5 Å². The average molecular weight is 605 g/mol. The third-order valence-electron chi connectivity index (χ3n) is 9.44. The molecule has 3 heterocycles. The van der Waals surface area contributed by atoms with Crippen molar-refractivity contribution in [2.45, 2.75) is 132 Å². The predicted octanol–water partition coefficient (Wildman–Crippen LogP) is 1.59. The molecule has 0 aromatic heterocycles. The Bertz CT molecular complexity index is 1110. The summed E-state index contributed by atoms with van der Waals surface area (Å²) >= 11 is 0. The molecule has 13 nitrogen and oxygen atoms in total. The van der Waals surface area contributed by atoms with E-state index >= 15 is 0 Å². The van der Waals surface area contributed by atoms with Gasteiger partial charge in [0.05, 0.1) is 12.1 Å². The first-order valence-electron chi connectivity index (χ1n) is 15.8. The van der Waals surface area contributed by atoms with Crippen molar-refractivity contribution in [1.82, 2.24) is 31.5 Å². The Morgan fingerprint density at radius 3 is 2.56 bits per heavy atom. The largest absolute Gasteiger partial charge is 0.479 e. The van der Waals surface area contributed by atoms with Crippen LogP contribution in [0.3, 0.4) is 0 Å². The van der Waals surface area contributed by atoms with Crippen molar-refractivity contribution in [3.8, 4) is 0 Å². The van der Waals surface area contributed by atoms with E-state index in [-0.39, 0.29) is 42.6 Å². The van der Waals surface area contributed by atoms with Gasteiger partial charge in [0.25, 0.3) is 0 Å². The fourth-order valence-corrected chi connectivity index (χ4v) is 6.96. The molecule has 13 heteroatoms. The Balaban J connectivity index is 1.39. The van der Waals surface area contributed by atoms with Gasteiger partial charge in [0.2, 0.25) is 11.8 Å². The molecule has 0 aromatic rings. The summed E-state index contributed by atoms with van der Waals surface area (Å²) in [6.45, 7) is 5.52. The first-order valence-corrected chi connectivity index (χ1v) is 15.8. The molecule has 43 heavy (non-hydrogen) atoms. The number of carbonyl (C=O) groups is 4. The highest BCUT2D eigenvalue weighted by molar-refractivity contribution is 5.96. The van der Waals surface area contributed by atoms with Crippen LogP contribution in [0.2, 0.25) is 0 Å². The highest BCUT2D eigenvalue weighted by atomic mass is 16.6. The molecule has 0 spiro atoms. The molecule has 0 radical (unpaired) electrons. The van der Waals surface area contributed by atoms with E-state index in [0.717, 1.165) is 38.5 Å². The molecule has 240 valence electrons. The average Bonchev–Trinajstić information content (AvgIpc) is 3.27. The molecule has 8 atom stereocenters. The van der Waals surface area contributed by atoms with Crippen molar-refractivity contribution in [3.05, 3.63) is 12.2 Å². The molecule has 4 fully saturated rings. The highest BCUT2D eigenvalue weighted by Crippen LogP contribution is 2.45. The number of ether oxygens (including phenoxy) is 2. The number of fused-ring (bicyclic) bond motifs is 3. The molecule has 0 bridgehead atoms. The third kappa shape index (κ3) is 7.16. The molecule has 5 rings (SSSR count). The fraction of sp³-hybridized carbons (Fsp3) is 0.800. The summed E-state index contributed by atoms with van der Waals surface area (Å²) in [6.07, 6.45) is 10.3. The summed E-state index contributed by atoms with van der Waals surface area (Å²) < 4.78 is 11.1. The second-order valence-corrected chi connectivity index (χ2v) is 13.7. The van der Waals surface area contributed by atoms with E-state index in [0.29, 0.717) is 25.7 Å². The van der Waals surface area contributed by atoms with Gasteiger partial charge in [0.15, 0.2) is 0 Å². The van der Waals surface area contributed by atoms with Crippen molar-refractivity contribution in [2.24, 2.45) is 5.92 Å². The second-order valence-electron chi connectivity index (χ2n) is 13.7. The zero-order chi connectivity index (χ0) is 30.9. The van der Waals surface area contributed by atoms with Crippen LogP contribution in [0.25, 0.3) is 0 Å². The van der Waals surface area contributed by atoms with Crippen LogP contribution in [-0.2, 0) is 23.9 Å². The minimum absolute atomic E-state index is 0.164. The molecule has 3 unspecified atom stereocenters. The SMILES string of the molecule is COC1CCC2NN([C@H]3C[C@H]4C(=O)N[C@]5(C(=O)O)C[C@H]5/C=C\CCCCC[C@H](NC(=O)OC(C)(C)C)C(=O)N4C3)NC2C1. The third-order valence-corrected chi connectivity index (χ3v) is 9.44. The molecule has 2 saturated carbocycles. The van der Waals surface area contributed by atoms with Gasteiger partial charge in [-0.2, -0.15) is 5.12 Å². The lowest BCUT2D eigenvalue weighted by atomic mass is 9.89. The molecular formula is C30H48N6O7. The topological polar surface area (TPSA) is 162 Å². The van der Waals surface area contributed by atoms with E-state index < -0.39 is 41.2 Å². The summed E-state index contributed by atoms with van der Waals surface area (Å²) in [5, 5.41) is 17.6. The van der Waals surface area contributed by atoms with Crippen LogP contribution in [0.15, 0.2) is 12.2 Å². The number of aliphatic carboxylic acids is 1. The van der Waals surface area contributed by atoms with Gasteiger partial charge in [0, 0.05) is 31.7 Å². The maximum absolute atomic E-state index is 14.2. The number of methoxy groups -OCH3 is 1. The van der Waals surface area contributed by atoms with Crippen LogP contribution in [0.4, 0.5) is 4.79 Å². The molecule has 2 saturated heterocycles. The van der Waals surface area contributed by atoms with E-state index in [1.165, 1.54) is 4.90 Å². The second kappa shape index (κ2) is 12.7. The summed E-state index contributed by atoms with van der Waals surface area (Å²) in [5.74, 6) is -2.22. The van der Waals surface area contributed by atoms with Crippen molar-refractivity contribution in [2.75, 3.05) is 13.7 Å². The standard InChI is InChI=1S/C30H48N6O7/c1-29(2,3)43-28(41)31-22-11-9-7-5-6-8-10-18-16-30(18,27(39)40)32-25(37)24-14-19(17-35(24)26(22)38)36-33-21-13-12-20(42-4)15-23(21)34-36/h8,10,18-24,33-34H,5-7,9,11-17H2,1-4H3,(H,31,41)(H,32,37)(H,39,40)/b10-8-/t18-,19+,20?,21?,22+,23?,24+,30-/m1/s1. The number of rotatable bonds is 4. The maximum atomic E-state index is 14.2. The molecule has 3 aliphatic heterocycles. The Kier molecular flexibility index (Phi) is 9.36. The monoisotopic (exact) mass is 604 g/mol. The van der Waals surface area contributed by atoms with E-state index in [9.17, 15) is 24.3 Å². The number of carbonyl (C=O) groups excluding carboxylic acids is 3. The van der Waals surface area contributed by atoms with Gasteiger partial charge in [0.1, 0.15) is 23.2 Å². The molecular weight excluding hydrogens is 556 g/mol. The van der Waals surface area contributed by atoms with Crippen LogP contribution in [0.1, 0.15) is 85.0 Å². The number of hydrogen-bond donors (Lipinski definition) is 5. The zero-order valence-electron chi connectivity index (χ0n) is 25.8. The van der Waals surface area contributed by atoms with Crippen molar-refractivity contribution in [1.29, 1.82) is 0 Å². The van der Waals surface area contributed by atoms with Gasteiger partial charge in [-0.1, -0.05) is 25.0 Å². The molecule has 0 aromatic carbocycles. The van der Waals surface area contributed by atoms with E-state index in [1.54, 1.807) is 27.9 Å². The molecule has 5 aliphatic rings. The Morgan fingerprint density at radius 2 is 1.84 bits per heavy atom. The van der Waals surface area contributed by atoms with Gasteiger partial charge in [-0.15, -0.1) is 0 Å². The van der Waals surface area contributed by atoms with Crippen molar-refractivity contribution >= 4 is 23.9 Å². The van der Waals surface area contributed by atoms with Crippen LogP contribution >= 0.6 is 0 Å². The van der Waals surface area contributed by atoms with Crippen LogP contribution in [-0.4, -0.2) is 100 Å². The van der Waals surface area contributed by atoms with Crippen LogP contribution < -0.4 is 21.5 Å². The minimum Gasteiger partial charge on any atom is -0.479 e. The van der Waals surface area contributed by atoms with Crippen molar-refractivity contribution < 1.29 is 33.8 Å². The number of nitrogens with one attached hydrogen (secondary N) is 4. The first-order chi connectivity index (χ1) is 20.4. The minimum atomic E-state index is -1.37. The Labute approximate surface area is 253 Å². The number of amides is 3. The van der Waals surface area contributed by atoms with E-state index in [1.807, 2.05) is 17.3 Å². The molecule has 5 N–H and O–H groups in total. The number of carboxylic acid groups (broad SMARTS) is 1. The Morgan fingerprint density at radius 1 is 1.07 bits per heavy atom. The Hall–Kier alpha value is -2.74. The number of allylic oxidation sites excluding steroid dienone is 1. The van der Waals surface area contributed by atoms with Crippen molar-refractivity contribution in [3.63, 3.8) is 0 Å². The fourth-order valence-electron chi connectivity index (χ4n) is 6.96. The summed E-state index contributed by atoms with van der Waals surface area (Å²) in [7, 11) is 1.73. The number of hydrazine groups is 2. The highest BCUT2D eigenvalue weighted by Gasteiger charge is 2.61. The van der Waals surface area contributed by atoms with Gasteiger partial charge in [-0.3, -0.25) is 9.59 Å². The summed E-state index contributed by atoms with van der Waals surface area (Å²) in [4.78, 5) is 54.7. The summed E-state index contributed by atoms with van der Waals surface area (Å²) in [6, 6.07) is -1.65.